The summed E-state index contributed by atoms with van der Waals surface area (Å²) < 4.78 is 10.5. The summed E-state index contributed by atoms with van der Waals surface area (Å²) in [6, 6.07) is 0. The fourth-order valence-electron chi connectivity index (χ4n) is 4.27. The number of hydrogen-bond acceptors (Lipinski definition) is 5. The van der Waals surface area contributed by atoms with E-state index < -0.39 is 6.10 Å². The van der Waals surface area contributed by atoms with Crippen LogP contribution in [0.3, 0.4) is 0 Å². The second kappa shape index (κ2) is 30.7. The first-order valence-corrected chi connectivity index (χ1v) is 16.0. The van der Waals surface area contributed by atoms with E-state index in [-0.39, 0.29) is 25.2 Å². The smallest absolute Gasteiger partial charge is 0.306 e. The lowest BCUT2D eigenvalue weighted by molar-refractivity contribution is -0.161. The fourth-order valence-corrected chi connectivity index (χ4v) is 4.27. The molecule has 0 aromatic rings. The minimum absolute atomic E-state index is 0.0714. The number of carbonyl (C=O) groups excluding carboxylic acids is 2. The van der Waals surface area contributed by atoms with Gasteiger partial charge in [-0.1, -0.05) is 127 Å². The number of esters is 2. The Labute approximate surface area is 240 Å². The van der Waals surface area contributed by atoms with Gasteiger partial charge in [0.1, 0.15) is 6.61 Å². The molecule has 0 rings (SSSR count). The Balaban J connectivity index is 3.63. The highest BCUT2D eigenvalue weighted by Gasteiger charge is 2.16. The van der Waals surface area contributed by atoms with Gasteiger partial charge in [0.25, 0.3) is 0 Å². The van der Waals surface area contributed by atoms with Gasteiger partial charge in [-0.3, -0.25) is 9.59 Å². The van der Waals surface area contributed by atoms with Gasteiger partial charge in [0.15, 0.2) is 6.10 Å². The zero-order valence-corrected chi connectivity index (χ0v) is 25.4. The Bertz CT molecular complexity index is 637. The van der Waals surface area contributed by atoms with E-state index in [0.717, 1.165) is 70.6 Å². The van der Waals surface area contributed by atoms with Gasteiger partial charge in [-0.15, -0.1) is 0 Å². The first-order valence-electron chi connectivity index (χ1n) is 16.0. The molecule has 0 aromatic carbocycles. The number of rotatable bonds is 28. The largest absolute Gasteiger partial charge is 0.462 e. The van der Waals surface area contributed by atoms with Crippen LogP contribution in [0.5, 0.6) is 0 Å². The molecule has 0 spiro atoms. The Kier molecular flexibility index (Phi) is 29.2. The lowest BCUT2D eigenvalue weighted by atomic mass is 10.1. The first kappa shape index (κ1) is 37.1. The van der Waals surface area contributed by atoms with Gasteiger partial charge in [-0.25, -0.2) is 0 Å². The van der Waals surface area contributed by atoms with Gasteiger partial charge < -0.3 is 14.6 Å². The second-order valence-corrected chi connectivity index (χ2v) is 10.5. The molecule has 0 saturated carbocycles. The van der Waals surface area contributed by atoms with Gasteiger partial charge in [0.05, 0.1) is 6.61 Å². The Morgan fingerprint density at radius 3 is 1.67 bits per heavy atom. The standard InChI is InChI=1S/C34H60O5/c1-3-5-7-9-11-13-15-16-17-18-19-21-23-25-27-29-34(37)39-32(30-35)31-38-33(36)28-26-24-22-20-14-12-10-8-6-4-2/h5,7,11,13,16-17,32,35H,3-4,6,8-10,12,14-15,18-31H2,1-2H3/b7-5-,13-11-,17-16-. The van der Waals surface area contributed by atoms with E-state index in [4.69, 9.17) is 9.47 Å². The van der Waals surface area contributed by atoms with E-state index in [9.17, 15) is 14.7 Å². The van der Waals surface area contributed by atoms with Crippen molar-refractivity contribution in [3.05, 3.63) is 36.5 Å². The van der Waals surface area contributed by atoms with Crippen LogP contribution in [-0.4, -0.2) is 36.4 Å². The third-order valence-corrected chi connectivity index (χ3v) is 6.70. The van der Waals surface area contributed by atoms with Crippen molar-refractivity contribution in [2.45, 2.75) is 155 Å². The van der Waals surface area contributed by atoms with E-state index >= 15 is 0 Å². The highest BCUT2D eigenvalue weighted by Crippen LogP contribution is 2.12. The van der Waals surface area contributed by atoms with E-state index in [0.29, 0.717) is 12.8 Å². The van der Waals surface area contributed by atoms with Crippen molar-refractivity contribution >= 4 is 11.9 Å². The summed E-state index contributed by atoms with van der Waals surface area (Å²) in [5.41, 5.74) is 0. The summed E-state index contributed by atoms with van der Waals surface area (Å²) in [5, 5.41) is 9.48. The topological polar surface area (TPSA) is 72.8 Å². The molecule has 0 aliphatic heterocycles. The van der Waals surface area contributed by atoms with Crippen LogP contribution in [0.1, 0.15) is 149 Å². The summed E-state index contributed by atoms with van der Waals surface area (Å²) in [6.07, 6.45) is 34.8. The third-order valence-electron chi connectivity index (χ3n) is 6.70. The monoisotopic (exact) mass is 548 g/mol. The average Bonchev–Trinajstić information content (AvgIpc) is 2.94. The van der Waals surface area contributed by atoms with Crippen molar-refractivity contribution in [3.63, 3.8) is 0 Å². The Hall–Kier alpha value is -1.88. The van der Waals surface area contributed by atoms with Crippen LogP contribution in [0.2, 0.25) is 0 Å². The Morgan fingerprint density at radius 2 is 1.10 bits per heavy atom. The molecule has 0 heterocycles. The average molecular weight is 549 g/mol. The summed E-state index contributed by atoms with van der Waals surface area (Å²) in [6.45, 7) is 3.97. The van der Waals surface area contributed by atoms with Gasteiger partial charge in [0, 0.05) is 12.8 Å². The molecule has 0 aliphatic carbocycles. The van der Waals surface area contributed by atoms with Crippen LogP contribution in [0, 0.1) is 0 Å². The quantitative estimate of drug-likeness (QED) is 0.0599. The highest BCUT2D eigenvalue weighted by atomic mass is 16.6. The molecule has 0 aromatic heterocycles. The number of aliphatic hydroxyl groups is 1. The van der Waals surface area contributed by atoms with Crippen molar-refractivity contribution < 1.29 is 24.2 Å². The molecule has 0 bridgehead atoms. The maximum atomic E-state index is 12.1. The summed E-state index contributed by atoms with van der Waals surface area (Å²) in [7, 11) is 0. The molecule has 1 atom stereocenters. The summed E-state index contributed by atoms with van der Waals surface area (Å²) in [4.78, 5) is 24.0. The van der Waals surface area contributed by atoms with Crippen molar-refractivity contribution in [1.82, 2.24) is 0 Å². The predicted octanol–water partition coefficient (Wildman–Crippen LogP) is 9.33. The highest BCUT2D eigenvalue weighted by molar-refractivity contribution is 5.70. The minimum Gasteiger partial charge on any atom is -0.462 e. The molecular formula is C34H60O5. The maximum Gasteiger partial charge on any atom is 0.306 e. The van der Waals surface area contributed by atoms with Crippen molar-refractivity contribution in [2.24, 2.45) is 0 Å². The molecule has 0 fully saturated rings. The number of unbranched alkanes of at least 4 members (excludes halogenated alkanes) is 14. The molecule has 0 saturated heterocycles. The van der Waals surface area contributed by atoms with Gasteiger partial charge in [-0.2, -0.15) is 0 Å². The molecule has 5 nitrogen and oxygen atoms in total. The normalized spacial score (nSPS) is 12.6. The van der Waals surface area contributed by atoms with E-state index in [2.05, 4.69) is 50.3 Å². The summed E-state index contributed by atoms with van der Waals surface area (Å²) in [5.74, 6) is -0.615. The predicted molar refractivity (Wildman–Crippen MR) is 164 cm³/mol. The lowest BCUT2D eigenvalue weighted by Crippen LogP contribution is -2.28. The molecule has 1 N–H and O–H groups in total. The lowest BCUT2D eigenvalue weighted by Gasteiger charge is -2.15. The Morgan fingerprint density at radius 1 is 0.615 bits per heavy atom. The number of allylic oxidation sites excluding steroid dienone is 6. The van der Waals surface area contributed by atoms with Gasteiger partial charge in [-0.05, 0) is 44.9 Å². The maximum absolute atomic E-state index is 12.1. The van der Waals surface area contributed by atoms with Gasteiger partial charge in [0.2, 0.25) is 0 Å². The van der Waals surface area contributed by atoms with Crippen LogP contribution in [0.25, 0.3) is 0 Å². The first-order chi connectivity index (χ1) is 19.1. The molecule has 0 amide bonds. The molecule has 5 heteroatoms. The number of ether oxygens (including phenoxy) is 2. The SMILES string of the molecule is CC/C=C\C/C=C\C/C=C\CCCCCCCC(=O)OC(CO)COC(=O)CCCCCCCCCCCC. The molecule has 1 unspecified atom stereocenters. The van der Waals surface area contributed by atoms with E-state index in [1.165, 1.54) is 51.4 Å². The van der Waals surface area contributed by atoms with Gasteiger partial charge >= 0.3 is 11.9 Å². The number of carbonyl (C=O) groups is 2. The molecule has 0 radical (unpaired) electrons. The van der Waals surface area contributed by atoms with Crippen LogP contribution >= 0.6 is 0 Å². The second-order valence-electron chi connectivity index (χ2n) is 10.5. The van der Waals surface area contributed by atoms with Crippen molar-refractivity contribution in [1.29, 1.82) is 0 Å². The van der Waals surface area contributed by atoms with E-state index in [1.807, 2.05) is 0 Å². The fraction of sp³-hybridized carbons (Fsp3) is 0.765. The zero-order valence-electron chi connectivity index (χ0n) is 25.4. The molecule has 0 aliphatic rings. The van der Waals surface area contributed by atoms with Crippen molar-refractivity contribution in [2.75, 3.05) is 13.2 Å². The third kappa shape index (κ3) is 28.9. The van der Waals surface area contributed by atoms with Crippen LogP contribution in [0.4, 0.5) is 0 Å². The van der Waals surface area contributed by atoms with Crippen LogP contribution in [0.15, 0.2) is 36.5 Å². The summed E-state index contributed by atoms with van der Waals surface area (Å²) >= 11 is 0. The zero-order chi connectivity index (χ0) is 28.7. The molecule has 226 valence electrons. The molecule has 39 heavy (non-hydrogen) atoms. The van der Waals surface area contributed by atoms with Crippen LogP contribution in [-0.2, 0) is 19.1 Å². The minimum atomic E-state index is -0.774. The molecular weight excluding hydrogens is 488 g/mol. The number of hydrogen-bond donors (Lipinski definition) is 1. The van der Waals surface area contributed by atoms with Crippen molar-refractivity contribution in [3.8, 4) is 0 Å². The van der Waals surface area contributed by atoms with E-state index in [1.54, 1.807) is 0 Å². The number of aliphatic hydroxyl groups excluding tert-OH is 1. The van der Waals surface area contributed by atoms with Crippen LogP contribution < -0.4 is 0 Å².